The summed E-state index contributed by atoms with van der Waals surface area (Å²) in [6, 6.07) is 8.16. The Bertz CT molecular complexity index is 283. The zero-order valence-electron chi connectivity index (χ0n) is 9.16. The number of aryl methyl sites for hydroxylation is 1. The maximum absolute atomic E-state index is 5.77. The second kappa shape index (κ2) is 5.01. The van der Waals surface area contributed by atoms with E-state index in [0.717, 1.165) is 12.2 Å². The monoisotopic (exact) mass is 193 g/mol. The lowest BCUT2D eigenvalue weighted by molar-refractivity contribution is 0.195. The van der Waals surface area contributed by atoms with Crippen LogP contribution in [0.5, 0.6) is 5.75 Å². The quantitative estimate of drug-likeness (QED) is 0.796. The average molecular weight is 193 g/mol. The van der Waals surface area contributed by atoms with Gasteiger partial charge >= 0.3 is 0 Å². The molecule has 78 valence electrons. The number of rotatable bonds is 4. The highest BCUT2D eigenvalue weighted by Gasteiger charge is 2.10. The van der Waals surface area contributed by atoms with E-state index in [2.05, 4.69) is 13.0 Å². The molecule has 0 spiro atoms. The molecular weight excluding hydrogens is 174 g/mol. The van der Waals surface area contributed by atoms with Crippen LogP contribution in [0.1, 0.15) is 26.3 Å². The third kappa shape index (κ3) is 2.74. The minimum absolute atomic E-state index is 0.0555. The Morgan fingerprint density at radius 3 is 2.50 bits per heavy atom. The van der Waals surface area contributed by atoms with Gasteiger partial charge in [-0.2, -0.15) is 0 Å². The molecule has 0 aliphatic rings. The molecule has 0 saturated heterocycles. The van der Waals surface area contributed by atoms with Gasteiger partial charge in [-0.15, -0.1) is 0 Å². The summed E-state index contributed by atoms with van der Waals surface area (Å²) in [5.41, 5.74) is 6.99. The normalized spacial score (nSPS) is 14.9. The molecule has 2 nitrogen and oxygen atoms in total. The molecule has 1 aromatic carbocycles. The van der Waals surface area contributed by atoms with Crippen LogP contribution in [0.2, 0.25) is 0 Å². The lowest BCUT2D eigenvalue weighted by Crippen LogP contribution is -2.33. The Balaban J connectivity index is 2.75. The molecule has 14 heavy (non-hydrogen) atoms. The fraction of sp³-hybridized carbons (Fsp3) is 0.500. The van der Waals surface area contributed by atoms with Gasteiger partial charge in [0.05, 0.1) is 0 Å². The Kier molecular flexibility index (Phi) is 3.96. The Labute approximate surface area is 86.1 Å². The van der Waals surface area contributed by atoms with Gasteiger partial charge < -0.3 is 10.5 Å². The number of nitrogens with two attached hydrogens (primary N) is 1. The van der Waals surface area contributed by atoms with Crippen molar-refractivity contribution < 1.29 is 4.74 Å². The van der Waals surface area contributed by atoms with Crippen molar-refractivity contribution in [1.82, 2.24) is 0 Å². The summed E-state index contributed by atoms with van der Waals surface area (Å²) in [7, 11) is 0. The van der Waals surface area contributed by atoms with Crippen LogP contribution in [-0.4, -0.2) is 12.1 Å². The smallest absolute Gasteiger partial charge is 0.122 e. The molecule has 2 atom stereocenters. The van der Waals surface area contributed by atoms with E-state index in [0.29, 0.717) is 0 Å². The minimum atomic E-state index is 0.0555. The highest BCUT2D eigenvalue weighted by molar-refractivity contribution is 5.33. The standard InChI is InChI=1S/C12H19NO/c1-4-11-7-5-6-8-12(11)14-10(3)9(2)13/h5-10H,4,13H2,1-3H3. The van der Waals surface area contributed by atoms with Gasteiger partial charge in [-0.3, -0.25) is 0 Å². The van der Waals surface area contributed by atoms with E-state index in [1.165, 1.54) is 5.56 Å². The molecule has 0 amide bonds. The van der Waals surface area contributed by atoms with E-state index >= 15 is 0 Å². The summed E-state index contributed by atoms with van der Waals surface area (Å²) in [5, 5.41) is 0. The first-order chi connectivity index (χ1) is 6.65. The van der Waals surface area contributed by atoms with E-state index in [1.54, 1.807) is 0 Å². The predicted octanol–water partition coefficient (Wildman–Crippen LogP) is 2.36. The van der Waals surface area contributed by atoms with Crippen LogP contribution in [-0.2, 0) is 6.42 Å². The number of para-hydroxylation sites is 1. The number of hydrogen-bond donors (Lipinski definition) is 1. The van der Waals surface area contributed by atoms with Crippen molar-refractivity contribution in [3.63, 3.8) is 0 Å². The van der Waals surface area contributed by atoms with Crippen LogP contribution >= 0.6 is 0 Å². The van der Waals surface area contributed by atoms with Gasteiger partial charge in [0.25, 0.3) is 0 Å². The van der Waals surface area contributed by atoms with Crippen molar-refractivity contribution in [2.24, 2.45) is 5.73 Å². The summed E-state index contributed by atoms with van der Waals surface area (Å²) < 4.78 is 5.77. The fourth-order valence-corrected chi connectivity index (χ4v) is 1.22. The van der Waals surface area contributed by atoms with E-state index in [4.69, 9.17) is 10.5 Å². The molecule has 0 heterocycles. The highest BCUT2D eigenvalue weighted by atomic mass is 16.5. The van der Waals surface area contributed by atoms with Crippen LogP contribution in [0, 0.1) is 0 Å². The molecule has 2 unspecified atom stereocenters. The fourth-order valence-electron chi connectivity index (χ4n) is 1.22. The largest absolute Gasteiger partial charge is 0.489 e. The summed E-state index contributed by atoms with van der Waals surface area (Å²) >= 11 is 0. The lowest BCUT2D eigenvalue weighted by atomic mass is 10.1. The highest BCUT2D eigenvalue weighted by Crippen LogP contribution is 2.20. The maximum atomic E-state index is 5.77. The SMILES string of the molecule is CCc1ccccc1OC(C)C(C)N. The van der Waals surface area contributed by atoms with Gasteiger partial charge in [0.1, 0.15) is 11.9 Å². The zero-order chi connectivity index (χ0) is 10.6. The second-order valence-corrected chi connectivity index (χ2v) is 3.64. The Hall–Kier alpha value is -1.02. The van der Waals surface area contributed by atoms with Crippen LogP contribution in [0.3, 0.4) is 0 Å². The predicted molar refractivity (Wildman–Crippen MR) is 59.6 cm³/mol. The summed E-state index contributed by atoms with van der Waals surface area (Å²) in [4.78, 5) is 0. The number of hydrogen-bond acceptors (Lipinski definition) is 2. The Morgan fingerprint density at radius 2 is 1.93 bits per heavy atom. The van der Waals surface area contributed by atoms with E-state index < -0.39 is 0 Å². The third-order valence-corrected chi connectivity index (χ3v) is 2.41. The molecule has 1 aromatic rings. The third-order valence-electron chi connectivity index (χ3n) is 2.41. The van der Waals surface area contributed by atoms with Crippen LogP contribution in [0.4, 0.5) is 0 Å². The first-order valence-electron chi connectivity index (χ1n) is 5.15. The molecule has 0 aliphatic heterocycles. The first kappa shape index (κ1) is 11.1. The molecule has 2 heteroatoms. The van der Waals surface area contributed by atoms with Crippen molar-refractivity contribution >= 4 is 0 Å². The second-order valence-electron chi connectivity index (χ2n) is 3.64. The van der Waals surface area contributed by atoms with Crippen molar-refractivity contribution in [2.75, 3.05) is 0 Å². The summed E-state index contributed by atoms with van der Waals surface area (Å²) in [6.45, 7) is 6.08. The van der Waals surface area contributed by atoms with Gasteiger partial charge in [-0.05, 0) is 31.9 Å². The molecule has 0 saturated carbocycles. The summed E-state index contributed by atoms with van der Waals surface area (Å²) in [5.74, 6) is 0.958. The van der Waals surface area contributed by atoms with Gasteiger partial charge in [-0.1, -0.05) is 25.1 Å². The molecule has 0 radical (unpaired) electrons. The van der Waals surface area contributed by atoms with Crippen molar-refractivity contribution in [3.8, 4) is 5.75 Å². The molecule has 0 aliphatic carbocycles. The summed E-state index contributed by atoms with van der Waals surface area (Å²) in [6.07, 6.45) is 1.05. The molecule has 2 N–H and O–H groups in total. The topological polar surface area (TPSA) is 35.2 Å². The van der Waals surface area contributed by atoms with Crippen LogP contribution in [0.15, 0.2) is 24.3 Å². The lowest BCUT2D eigenvalue weighted by Gasteiger charge is -2.19. The minimum Gasteiger partial charge on any atom is -0.489 e. The van der Waals surface area contributed by atoms with E-state index in [-0.39, 0.29) is 12.1 Å². The van der Waals surface area contributed by atoms with Gasteiger partial charge in [0.15, 0.2) is 0 Å². The van der Waals surface area contributed by atoms with Crippen molar-refractivity contribution in [1.29, 1.82) is 0 Å². The van der Waals surface area contributed by atoms with Crippen LogP contribution < -0.4 is 10.5 Å². The number of benzene rings is 1. The first-order valence-corrected chi connectivity index (χ1v) is 5.15. The van der Waals surface area contributed by atoms with Crippen molar-refractivity contribution in [3.05, 3.63) is 29.8 Å². The van der Waals surface area contributed by atoms with E-state index in [9.17, 15) is 0 Å². The molecule has 1 rings (SSSR count). The van der Waals surface area contributed by atoms with Gasteiger partial charge in [0.2, 0.25) is 0 Å². The Morgan fingerprint density at radius 1 is 1.29 bits per heavy atom. The van der Waals surface area contributed by atoms with Gasteiger partial charge in [-0.25, -0.2) is 0 Å². The molecule has 0 fully saturated rings. The molecular formula is C12H19NO. The average Bonchev–Trinajstić information content (AvgIpc) is 2.18. The van der Waals surface area contributed by atoms with Crippen molar-refractivity contribution in [2.45, 2.75) is 39.3 Å². The van der Waals surface area contributed by atoms with E-state index in [1.807, 2.05) is 32.0 Å². The van der Waals surface area contributed by atoms with Crippen LogP contribution in [0.25, 0.3) is 0 Å². The molecule has 0 aromatic heterocycles. The maximum Gasteiger partial charge on any atom is 0.122 e. The zero-order valence-corrected chi connectivity index (χ0v) is 9.16. The molecule has 0 bridgehead atoms. The van der Waals surface area contributed by atoms with Gasteiger partial charge in [0, 0.05) is 6.04 Å². The number of ether oxygens (including phenoxy) is 1.